The van der Waals surface area contributed by atoms with Crippen LogP contribution in [0.3, 0.4) is 0 Å². The zero-order valence-electron chi connectivity index (χ0n) is 12.0. The summed E-state index contributed by atoms with van der Waals surface area (Å²) in [5.74, 6) is -2.24. The van der Waals surface area contributed by atoms with Gasteiger partial charge >= 0.3 is 11.9 Å². The van der Waals surface area contributed by atoms with Crippen LogP contribution in [0.1, 0.15) is 26.5 Å². The standard InChI is InChI=1S/C14H18BrNO4/c1-14(2,3)20-13(18)10(12(17)19-4)8-9-6-5-7-11(15)16-9/h5-7,10H,8H2,1-4H3/t10-/m1/s1. The van der Waals surface area contributed by atoms with Crippen LogP contribution >= 0.6 is 15.9 Å². The fourth-order valence-corrected chi connectivity index (χ4v) is 1.93. The number of ether oxygens (including phenoxy) is 2. The molecule has 0 aliphatic heterocycles. The molecule has 0 fully saturated rings. The third-order valence-corrected chi connectivity index (χ3v) is 2.80. The van der Waals surface area contributed by atoms with Crippen molar-refractivity contribution in [1.82, 2.24) is 4.98 Å². The van der Waals surface area contributed by atoms with E-state index in [9.17, 15) is 9.59 Å². The molecule has 20 heavy (non-hydrogen) atoms. The number of carbonyl (C=O) groups is 2. The molecule has 1 heterocycles. The number of rotatable bonds is 4. The number of nitrogens with zero attached hydrogens (tertiary/aromatic N) is 1. The molecule has 110 valence electrons. The first kappa shape index (κ1) is 16.6. The molecule has 0 amide bonds. The topological polar surface area (TPSA) is 65.5 Å². The fourth-order valence-electron chi connectivity index (χ4n) is 1.55. The Kier molecular flexibility index (Phi) is 5.68. The highest BCUT2D eigenvalue weighted by Crippen LogP contribution is 2.17. The van der Waals surface area contributed by atoms with Gasteiger partial charge in [-0.15, -0.1) is 0 Å². The first-order valence-electron chi connectivity index (χ1n) is 6.15. The monoisotopic (exact) mass is 343 g/mol. The minimum atomic E-state index is -1.01. The SMILES string of the molecule is COC(=O)[C@@H](Cc1cccc(Br)n1)C(=O)OC(C)(C)C. The number of aromatic nitrogens is 1. The van der Waals surface area contributed by atoms with Crippen LogP contribution in [0.15, 0.2) is 22.8 Å². The smallest absolute Gasteiger partial charge is 0.321 e. The highest BCUT2D eigenvalue weighted by molar-refractivity contribution is 9.10. The Morgan fingerprint density at radius 3 is 2.45 bits per heavy atom. The van der Waals surface area contributed by atoms with E-state index in [1.165, 1.54) is 7.11 Å². The maximum Gasteiger partial charge on any atom is 0.321 e. The molecule has 0 saturated carbocycles. The largest absolute Gasteiger partial charge is 0.468 e. The first-order chi connectivity index (χ1) is 9.23. The van der Waals surface area contributed by atoms with Crippen molar-refractivity contribution in [3.8, 4) is 0 Å². The molecule has 0 aliphatic rings. The summed E-state index contributed by atoms with van der Waals surface area (Å²) in [5.41, 5.74) is -0.0470. The van der Waals surface area contributed by atoms with Gasteiger partial charge < -0.3 is 9.47 Å². The van der Waals surface area contributed by atoms with Gasteiger partial charge in [0.1, 0.15) is 10.2 Å². The number of hydrogen-bond donors (Lipinski definition) is 0. The summed E-state index contributed by atoms with van der Waals surface area (Å²) in [5, 5.41) is 0. The number of methoxy groups -OCH3 is 1. The van der Waals surface area contributed by atoms with Gasteiger partial charge in [-0.1, -0.05) is 6.07 Å². The Bertz CT molecular complexity index is 496. The lowest BCUT2D eigenvalue weighted by atomic mass is 10.0. The second-order valence-corrected chi connectivity index (χ2v) is 6.08. The van der Waals surface area contributed by atoms with Gasteiger partial charge in [0.15, 0.2) is 5.92 Å². The lowest BCUT2D eigenvalue weighted by Crippen LogP contribution is -2.34. The van der Waals surface area contributed by atoms with Crippen molar-refractivity contribution in [2.75, 3.05) is 7.11 Å². The van der Waals surface area contributed by atoms with Gasteiger partial charge in [-0.3, -0.25) is 9.59 Å². The molecule has 1 aromatic heterocycles. The van der Waals surface area contributed by atoms with Gasteiger partial charge in [-0.05, 0) is 48.8 Å². The van der Waals surface area contributed by atoms with Crippen LogP contribution < -0.4 is 0 Å². The van der Waals surface area contributed by atoms with Crippen molar-refractivity contribution < 1.29 is 19.1 Å². The quantitative estimate of drug-likeness (QED) is 0.477. The van der Waals surface area contributed by atoms with Gasteiger partial charge in [-0.2, -0.15) is 0 Å². The second-order valence-electron chi connectivity index (χ2n) is 5.26. The predicted octanol–water partition coefficient (Wildman–Crippen LogP) is 2.52. The van der Waals surface area contributed by atoms with Crippen molar-refractivity contribution in [2.45, 2.75) is 32.8 Å². The Hall–Kier alpha value is -1.43. The van der Waals surface area contributed by atoms with E-state index in [0.717, 1.165) is 0 Å². The van der Waals surface area contributed by atoms with Crippen LogP contribution in [0, 0.1) is 5.92 Å². The Morgan fingerprint density at radius 1 is 1.30 bits per heavy atom. The van der Waals surface area contributed by atoms with Crippen LogP contribution in [0.25, 0.3) is 0 Å². The van der Waals surface area contributed by atoms with Crippen molar-refractivity contribution >= 4 is 27.9 Å². The number of carbonyl (C=O) groups excluding carboxylic acids is 2. The van der Waals surface area contributed by atoms with Crippen LogP contribution in [-0.4, -0.2) is 29.6 Å². The lowest BCUT2D eigenvalue weighted by Gasteiger charge is -2.22. The Balaban J connectivity index is 2.90. The predicted molar refractivity (Wildman–Crippen MR) is 77.0 cm³/mol. The Labute approximate surface area is 126 Å². The molecule has 0 radical (unpaired) electrons. The van der Waals surface area contributed by atoms with E-state index in [1.807, 2.05) is 0 Å². The molecule has 1 atom stereocenters. The molecule has 1 rings (SSSR count). The molecule has 0 N–H and O–H groups in total. The summed E-state index contributed by atoms with van der Waals surface area (Å²) in [6.45, 7) is 5.24. The van der Waals surface area contributed by atoms with E-state index in [4.69, 9.17) is 4.74 Å². The van der Waals surface area contributed by atoms with Crippen LogP contribution in [0.2, 0.25) is 0 Å². The highest BCUT2D eigenvalue weighted by Gasteiger charge is 2.32. The zero-order valence-corrected chi connectivity index (χ0v) is 13.6. The third-order valence-electron chi connectivity index (χ3n) is 2.36. The van der Waals surface area contributed by atoms with E-state index in [2.05, 4.69) is 25.7 Å². The summed E-state index contributed by atoms with van der Waals surface area (Å²) >= 11 is 3.25. The molecule has 5 nitrogen and oxygen atoms in total. The summed E-state index contributed by atoms with van der Waals surface area (Å²) < 4.78 is 10.6. The van der Waals surface area contributed by atoms with Gasteiger partial charge in [0.25, 0.3) is 0 Å². The number of halogens is 1. The second kappa shape index (κ2) is 6.83. The molecule has 0 bridgehead atoms. The van der Waals surface area contributed by atoms with E-state index in [-0.39, 0.29) is 6.42 Å². The van der Waals surface area contributed by atoms with Crippen LogP contribution in [0.5, 0.6) is 0 Å². The molecule has 1 aromatic rings. The summed E-state index contributed by atoms with van der Waals surface area (Å²) in [6, 6.07) is 5.30. The van der Waals surface area contributed by atoms with Crippen LogP contribution in [-0.2, 0) is 25.5 Å². The van der Waals surface area contributed by atoms with Gasteiger partial charge in [0.05, 0.1) is 7.11 Å². The third kappa shape index (κ3) is 5.28. The van der Waals surface area contributed by atoms with Crippen molar-refractivity contribution in [2.24, 2.45) is 5.92 Å². The molecule has 6 heteroatoms. The molecule has 0 spiro atoms. The van der Waals surface area contributed by atoms with E-state index in [0.29, 0.717) is 10.3 Å². The van der Waals surface area contributed by atoms with E-state index < -0.39 is 23.5 Å². The average Bonchev–Trinajstić information content (AvgIpc) is 2.33. The van der Waals surface area contributed by atoms with E-state index >= 15 is 0 Å². The molecule has 0 unspecified atom stereocenters. The maximum absolute atomic E-state index is 12.1. The Morgan fingerprint density at radius 2 is 1.95 bits per heavy atom. The van der Waals surface area contributed by atoms with Crippen molar-refractivity contribution in [1.29, 1.82) is 0 Å². The lowest BCUT2D eigenvalue weighted by molar-refractivity contribution is -0.168. The molecule has 0 aliphatic carbocycles. The minimum absolute atomic E-state index is 0.140. The van der Waals surface area contributed by atoms with Gasteiger partial charge in [0, 0.05) is 12.1 Å². The van der Waals surface area contributed by atoms with Crippen molar-refractivity contribution in [3.05, 3.63) is 28.5 Å². The molecular formula is C14H18BrNO4. The summed E-state index contributed by atoms with van der Waals surface area (Å²) in [6.07, 6.45) is 0.140. The summed E-state index contributed by atoms with van der Waals surface area (Å²) in [7, 11) is 1.24. The van der Waals surface area contributed by atoms with E-state index in [1.54, 1.807) is 39.0 Å². The van der Waals surface area contributed by atoms with Gasteiger partial charge in [-0.25, -0.2) is 4.98 Å². The average molecular weight is 344 g/mol. The molecule has 0 saturated heterocycles. The zero-order chi connectivity index (χ0) is 15.3. The minimum Gasteiger partial charge on any atom is -0.468 e. The van der Waals surface area contributed by atoms with Gasteiger partial charge in [0.2, 0.25) is 0 Å². The number of pyridine rings is 1. The van der Waals surface area contributed by atoms with Crippen LogP contribution in [0.4, 0.5) is 0 Å². The molecular weight excluding hydrogens is 326 g/mol. The van der Waals surface area contributed by atoms with Crippen molar-refractivity contribution in [3.63, 3.8) is 0 Å². The normalized spacial score (nSPS) is 12.7. The molecule has 0 aromatic carbocycles. The fraction of sp³-hybridized carbons (Fsp3) is 0.500. The highest BCUT2D eigenvalue weighted by atomic mass is 79.9. The summed E-state index contributed by atoms with van der Waals surface area (Å²) in [4.78, 5) is 28.1. The first-order valence-corrected chi connectivity index (χ1v) is 6.94. The number of hydrogen-bond acceptors (Lipinski definition) is 5. The maximum atomic E-state index is 12.1. The number of esters is 2.